The first-order valence-electron chi connectivity index (χ1n) is 5.98. The van der Waals surface area contributed by atoms with Gasteiger partial charge in [-0.3, -0.25) is 4.68 Å². The van der Waals surface area contributed by atoms with Crippen molar-refractivity contribution in [1.82, 2.24) is 9.78 Å². The van der Waals surface area contributed by atoms with E-state index in [1.165, 1.54) is 16.7 Å². The van der Waals surface area contributed by atoms with Crippen LogP contribution in [0.3, 0.4) is 0 Å². The number of hydrogen-bond acceptors (Lipinski definition) is 2. The van der Waals surface area contributed by atoms with Crippen molar-refractivity contribution < 1.29 is 0 Å². The summed E-state index contributed by atoms with van der Waals surface area (Å²) in [5.74, 6) is 0. The Morgan fingerprint density at radius 2 is 2.06 bits per heavy atom. The monoisotopic (exact) mass is 229 g/mol. The Kier molecular flexibility index (Phi) is 3.29. The Balaban J connectivity index is 2.58. The summed E-state index contributed by atoms with van der Waals surface area (Å²) in [6.45, 7) is 4.84. The number of benzene rings is 1. The van der Waals surface area contributed by atoms with Crippen LogP contribution in [0.4, 0.5) is 0 Å². The van der Waals surface area contributed by atoms with Crippen molar-refractivity contribution in [2.24, 2.45) is 12.8 Å². The predicted molar refractivity (Wildman–Crippen MR) is 70.7 cm³/mol. The van der Waals surface area contributed by atoms with Gasteiger partial charge in [0.05, 0.1) is 5.69 Å². The van der Waals surface area contributed by atoms with Crippen molar-refractivity contribution >= 4 is 0 Å². The first-order chi connectivity index (χ1) is 8.15. The van der Waals surface area contributed by atoms with Gasteiger partial charge in [-0.2, -0.15) is 5.10 Å². The summed E-state index contributed by atoms with van der Waals surface area (Å²) in [6, 6.07) is 6.39. The van der Waals surface area contributed by atoms with Crippen LogP contribution in [0.15, 0.2) is 24.4 Å². The number of aryl methyl sites for hydroxylation is 3. The van der Waals surface area contributed by atoms with Crippen molar-refractivity contribution in [2.45, 2.75) is 26.8 Å². The van der Waals surface area contributed by atoms with E-state index in [1.54, 1.807) is 0 Å². The minimum Gasteiger partial charge on any atom is -0.326 e. The maximum Gasteiger partial charge on any atom is 0.0700 e. The zero-order chi connectivity index (χ0) is 12.4. The molecule has 0 aliphatic carbocycles. The van der Waals surface area contributed by atoms with Gasteiger partial charge in [0.2, 0.25) is 0 Å². The molecule has 17 heavy (non-hydrogen) atoms. The fraction of sp³-hybridized carbons (Fsp3) is 0.357. The van der Waals surface area contributed by atoms with E-state index in [4.69, 9.17) is 5.73 Å². The highest BCUT2D eigenvalue weighted by atomic mass is 15.2. The van der Waals surface area contributed by atoms with Crippen LogP contribution < -0.4 is 5.73 Å². The molecule has 0 saturated carbocycles. The van der Waals surface area contributed by atoms with Crippen LogP contribution in [-0.4, -0.2) is 9.78 Å². The van der Waals surface area contributed by atoms with Gasteiger partial charge in [-0.25, -0.2) is 0 Å². The average Bonchev–Trinajstić information content (AvgIpc) is 2.71. The van der Waals surface area contributed by atoms with Crippen molar-refractivity contribution in [3.05, 3.63) is 41.2 Å². The lowest BCUT2D eigenvalue weighted by atomic mass is 9.98. The minimum atomic E-state index is 0.578. The van der Waals surface area contributed by atoms with Gasteiger partial charge >= 0.3 is 0 Å². The Bertz CT molecular complexity index is 526. The molecule has 0 aliphatic rings. The van der Waals surface area contributed by atoms with E-state index in [1.807, 2.05) is 11.7 Å². The molecule has 3 nitrogen and oxygen atoms in total. The molecule has 3 heteroatoms. The molecule has 0 aliphatic heterocycles. The van der Waals surface area contributed by atoms with Gasteiger partial charge in [-0.05, 0) is 36.1 Å². The van der Waals surface area contributed by atoms with Gasteiger partial charge in [-0.15, -0.1) is 0 Å². The molecule has 0 atom stereocenters. The lowest BCUT2D eigenvalue weighted by molar-refractivity contribution is 0.746. The Hall–Kier alpha value is -1.61. The Morgan fingerprint density at radius 1 is 1.29 bits per heavy atom. The first kappa shape index (κ1) is 11.9. The Labute approximate surface area is 102 Å². The number of hydrogen-bond donors (Lipinski definition) is 1. The van der Waals surface area contributed by atoms with Gasteiger partial charge < -0.3 is 5.73 Å². The maximum atomic E-state index is 5.70. The second kappa shape index (κ2) is 4.72. The van der Waals surface area contributed by atoms with Gasteiger partial charge in [-0.1, -0.05) is 19.1 Å². The molecule has 0 saturated heterocycles. The van der Waals surface area contributed by atoms with E-state index >= 15 is 0 Å². The summed E-state index contributed by atoms with van der Waals surface area (Å²) in [5.41, 5.74) is 11.7. The topological polar surface area (TPSA) is 43.8 Å². The van der Waals surface area contributed by atoms with Crippen LogP contribution >= 0.6 is 0 Å². The molecule has 0 bridgehead atoms. The van der Waals surface area contributed by atoms with Gasteiger partial charge in [0, 0.05) is 25.4 Å². The van der Waals surface area contributed by atoms with E-state index in [0.717, 1.165) is 17.7 Å². The molecule has 2 N–H and O–H groups in total. The summed E-state index contributed by atoms with van der Waals surface area (Å²) in [7, 11) is 1.96. The van der Waals surface area contributed by atoms with Gasteiger partial charge in [0.15, 0.2) is 0 Å². The molecule has 1 heterocycles. The Morgan fingerprint density at radius 3 is 2.71 bits per heavy atom. The molecule has 1 aromatic heterocycles. The summed E-state index contributed by atoms with van der Waals surface area (Å²) < 4.78 is 1.88. The zero-order valence-corrected chi connectivity index (χ0v) is 10.7. The van der Waals surface area contributed by atoms with Crippen molar-refractivity contribution in [3.8, 4) is 11.1 Å². The third-order valence-electron chi connectivity index (χ3n) is 3.07. The molecular formula is C14H19N3. The average molecular weight is 229 g/mol. The highest BCUT2D eigenvalue weighted by Crippen LogP contribution is 2.27. The predicted octanol–water partition coefficient (Wildman–Crippen LogP) is 2.42. The van der Waals surface area contributed by atoms with E-state index in [9.17, 15) is 0 Å². The minimum absolute atomic E-state index is 0.578. The smallest absolute Gasteiger partial charge is 0.0700 e. The molecule has 2 aromatic rings. The molecule has 90 valence electrons. The van der Waals surface area contributed by atoms with Crippen molar-refractivity contribution in [1.29, 1.82) is 0 Å². The lowest BCUT2D eigenvalue weighted by Gasteiger charge is -2.07. The number of aromatic nitrogens is 2. The fourth-order valence-corrected chi connectivity index (χ4v) is 2.11. The van der Waals surface area contributed by atoms with E-state index in [-0.39, 0.29) is 0 Å². The van der Waals surface area contributed by atoms with E-state index in [0.29, 0.717) is 6.54 Å². The van der Waals surface area contributed by atoms with Crippen LogP contribution in [0.2, 0.25) is 0 Å². The quantitative estimate of drug-likeness (QED) is 0.878. The molecule has 0 fully saturated rings. The maximum absolute atomic E-state index is 5.70. The number of nitrogens with two attached hydrogens (primary N) is 1. The summed E-state index contributed by atoms with van der Waals surface area (Å²) in [4.78, 5) is 0. The van der Waals surface area contributed by atoms with Crippen LogP contribution in [0.1, 0.15) is 23.7 Å². The molecule has 1 aromatic carbocycles. The highest BCUT2D eigenvalue weighted by Gasteiger charge is 2.10. The van der Waals surface area contributed by atoms with Gasteiger partial charge in [0.25, 0.3) is 0 Å². The van der Waals surface area contributed by atoms with Crippen molar-refractivity contribution in [3.63, 3.8) is 0 Å². The second-order valence-corrected chi connectivity index (χ2v) is 4.37. The zero-order valence-electron chi connectivity index (χ0n) is 10.7. The highest BCUT2D eigenvalue weighted by molar-refractivity contribution is 5.69. The third-order valence-corrected chi connectivity index (χ3v) is 3.07. The summed E-state index contributed by atoms with van der Waals surface area (Å²) in [6.07, 6.45) is 3.03. The van der Waals surface area contributed by atoms with Crippen LogP contribution in [0, 0.1) is 6.92 Å². The van der Waals surface area contributed by atoms with Crippen LogP contribution in [-0.2, 0) is 20.0 Å². The third kappa shape index (κ3) is 2.24. The number of nitrogens with zero attached hydrogens (tertiary/aromatic N) is 2. The van der Waals surface area contributed by atoms with Crippen LogP contribution in [0.25, 0.3) is 11.1 Å². The molecule has 0 amide bonds. The first-order valence-corrected chi connectivity index (χ1v) is 5.98. The molecule has 0 unspecified atom stereocenters. The lowest BCUT2D eigenvalue weighted by Crippen LogP contribution is -1.97. The fourth-order valence-electron chi connectivity index (χ4n) is 2.11. The molecular weight excluding hydrogens is 210 g/mol. The SMILES string of the molecule is CCc1nn(C)cc1-c1cc(CN)ccc1C. The van der Waals surface area contributed by atoms with Crippen molar-refractivity contribution in [2.75, 3.05) is 0 Å². The second-order valence-electron chi connectivity index (χ2n) is 4.37. The van der Waals surface area contributed by atoms with E-state index in [2.05, 4.69) is 43.3 Å². The molecule has 2 rings (SSSR count). The number of rotatable bonds is 3. The standard InChI is InChI=1S/C14H19N3/c1-4-14-13(9-17(3)16-14)12-7-11(8-15)6-5-10(12)2/h5-7,9H,4,8,15H2,1-3H3. The summed E-state index contributed by atoms with van der Waals surface area (Å²) >= 11 is 0. The van der Waals surface area contributed by atoms with Crippen LogP contribution in [0.5, 0.6) is 0 Å². The molecule has 0 spiro atoms. The summed E-state index contributed by atoms with van der Waals surface area (Å²) in [5, 5.41) is 4.49. The normalized spacial score (nSPS) is 10.8. The van der Waals surface area contributed by atoms with Gasteiger partial charge in [0.1, 0.15) is 0 Å². The molecule has 0 radical (unpaired) electrons. The largest absolute Gasteiger partial charge is 0.326 e. The van der Waals surface area contributed by atoms with E-state index < -0.39 is 0 Å².